The number of phenols is 1. The summed E-state index contributed by atoms with van der Waals surface area (Å²) in [5.41, 5.74) is 0.437. The maximum absolute atomic E-state index is 13.0. The lowest BCUT2D eigenvalue weighted by atomic mass is 10.2. The summed E-state index contributed by atoms with van der Waals surface area (Å²) in [4.78, 5) is 11.7. The molecule has 1 aromatic carbocycles. The second kappa shape index (κ2) is 4.87. The lowest BCUT2D eigenvalue weighted by molar-refractivity contribution is 0.0947. The van der Waals surface area contributed by atoms with Gasteiger partial charge in [-0.3, -0.25) is 4.79 Å². The van der Waals surface area contributed by atoms with Crippen LogP contribution in [0.5, 0.6) is 5.75 Å². The molecule has 0 aliphatic carbocycles. The van der Waals surface area contributed by atoms with Crippen molar-refractivity contribution in [3.8, 4) is 5.75 Å². The number of benzene rings is 1. The van der Waals surface area contributed by atoms with Gasteiger partial charge in [0.05, 0.1) is 12.1 Å². The Labute approximate surface area is 102 Å². The van der Waals surface area contributed by atoms with E-state index < -0.39 is 11.7 Å². The van der Waals surface area contributed by atoms with Gasteiger partial charge in [0.1, 0.15) is 23.0 Å². The second-order valence-corrected chi connectivity index (χ2v) is 3.77. The first-order valence-corrected chi connectivity index (χ1v) is 5.25. The van der Waals surface area contributed by atoms with Crippen LogP contribution in [-0.4, -0.2) is 16.2 Å². The van der Waals surface area contributed by atoms with E-state index in [2.05, 4.69) is 10.5 Å². The van der Waals surface area contributed by atoms with E-state index in [1.165, 1.54) is 0 Å². The van der Waals surface area contributed by atoms with Gasteiger partial charge in [-0.1, -0.05) is 5.16 Å². The minimum atomic E-state index is -0.588. The molecule has 0 bridgehead atoms. The fourth-order valence-corrected chi connectivity index (χ4v) is 1.46. The van der Waals surface area contributed by atoms with Crippen molar-refractivity contribution in [3.05, 3.63) is 47.1 Å². The van der Waals surface area contributed by atoms with Crippen molar-refractivity contribution >= 4 is 5.91 Å². The first-order valence-electron chi connectivity index (χ1n) is 5.25. The van der Waals surface area contributed by atoms with E-state index in [1.807, 2.05) is 0 Å². The summed E-state index contributed by atoms with van der Waals surface area (Å²) < 4.78 is 17.8. The smallest absolute Gasteiger partial charge is 0.255 e. The number of aryl methyl sites for hydroxylation is 1. The van der Waals surface area contributed by atoms with Gasteiger partial charge in [0, 0.05) is 6.07 Å². The molecule has 2 aromatic rings. The van der Waals surface area contributed by atoms with E-state index in [9.17, 15) is 14.3 Å². The SMILES string of the molecule is Cc1cc(CNC(=O)c2cc(F)ccc2O)no1. The summed E-state index contributed by atoms with van der Waals surface area (Å²) in [6.45, 7) is 1.88. The van der Waals surface area contributed by atoms with Crippen molar-refractivity contribution < 1.29 is 18.8 Å². The van der Waals surface area contributed by atoms with Gasteiger partial charge < -0.3 is 14.9 Å². The molecule has 0 aliphatic rings. The molecule has 0 spiro atoms. The molecular formula is C12H11FN2O3. The topological polar surface area (TPSA) is 75.4 Å². The summed E-state index contributed by atoms with van der Waals surface area (Å²) in [7, 11) is 0. The zero-order valence-electron chi connectivity index (χ0n) is 9.61. The van der Waals surface area contributed by atoms with Crippen molar-refractivity contribution in [2.45, 2.75) is 13.5 Å². The van der Waals surface area contributed by atoms with Crippen LogP contribution in [0.3, 0.4) is 0 Å². The summed E-state index contributed by atoms with van der Waals surface area (Å²) in [5.74, 6) is -0.805. The average molecular weight is 250 g/mol. The zero-order chi connectivity index (χ0) is 13.1. The number of amides is 1. The van der Waals surface area contributed by atoms with Gasteiger partial charge in [-0.05, 0) is 25.1 Å². The van der Waals surface area contributed by atoms with Crippen LogP contribution in [0.1, 0.15) is 21.8 Å². The van der Waals surface area contributed by atoms with Crippen LogP contribution < -0.4 is 5.32 Å². The van der Waals surface area contributed by atoms with Gasteiger partial charge in [0.25, 0.3) is 5.91 Å². The molecule has 2 rings (SSSR count). The molecule has 18 heavy (non-hydrogen) atoms. The Morgan fingerprint density at radius 2 is 2.28 bits per heavy atom. The number of aromatic nitrogens is 1. The van der Waals surface area contributed by atoms with E-state index in [-0.39, 0.29) is 17.9 Å². The molecular weight excluding hydrogens is 239 g/mol. The summed E-state index contributed by atoms with van der Waals surface area (Å²) >= 11 is 0. The Balaban J connectivity index is 2.05. The molecule has 5 nitrogen and oxygen atoms in total. The molecule has 1 heterocycles. The monoisotopic (exact) mass is 250 g/mol. The molecule has 0 atom stereocenters. The van der Waals surface area contributed by atoms with Crippen LogP contribution in [0.2, 0.25) is 0 Å². The molecule has 0 aliphatic heterocycles. The van der Waals surface area contributed by atoms with Crippen molar-refractivity contribution in [2.75, 3.05) is 0 Å². The largest absolute Gasteiger partial charge is 0.507 e. The van der Waals surface area contributed by atoms with Crippen molar-refractivity contribution in [2.24, 2.45) is 0 Å². The van der Waals surface area contributed by atoms with Gasteiger partial charge in [-0.15, -0.1) is 0 Å². The van der Waals surface area contributed by atoms with Crippen molar-refractivity contribution in [1.29, 1.82) is 0 Å². The number of carbonyl (C=O) groups is 1. The third kappa shape index (κ3) is 2.65. The Kier molecular flexibility index (Phi) is 3.27. The van der Waals surface area contributed by atoms with Crippen LogP contribution in [0, 0.1) is 12.7 Å². The van der Waals surface area contributed by atoms with E-state index in [0.717, 1.165) is 18.2 Å². The van der Waals surface area contributed by atoms with Crippen molar-refractivity contribution in [3.63, 3.8) is 0 Å². The lowest BCUT2D eigenvalue weighted by Crippen LogP contribution is -2.23. The molecule has 0 unspecified atom stereocenters. The molecule has 6 heteroatoms. The normalized spacial score (nSPS) is 10.3. The van der Waals surface area contributed by atoms with E-state index in [0.29, 0.717) is 11.5 Å². The molecule has 1 aromatic heterocycles. The highest BCUT2D eigenvalue weighted by molar-refractivity contribution is 5.96. The van der Waals surface area contributed by atoms with Crippen molar-refractivity contribution in [1.82, 2.24) is 10.5 Å². The van der Waals surface area contributed by atoms with E-state index >= 15 is 0 Å². The fourth-order valence-electron chi connectivity index (χ4n) is 1.46. The number of hydrogen-bond donors (Lipinski definition) is 2. The highest BCUT2D eigenvalue weighted by Gasteiger charge is 2.12. The number of hydrogen-bond acceptors (Lipinski definition) is 4. The molecule has 0 saturated carbocycles. The molecule has 2 N–H and O–H groups in total. The minimum Gasteiger partial charge on any atom is -0.507 e. The number of aromatic hydroxyl groups is 1. The Morgan fingerprint density at radius 3 is 2.94 bits per heavy atom. The second-order valence-electron chi connectivity index (χ2n) is 3.77. The predicted molar refractivity (Wildman–Crippen MR) is 60.5 cm³/mol. The molecule has 1 amide bonds. The number of halogens is 1. The summed E-state index contributed by atoms with van der Waals surface area (Å²) in [6, 6.07) is 4.85. The predicted octanol–water partition coefficient (Wildman–Crippen LogP) is 1.76. The average Bonchev–Trinajstić information content (AvgIpc) is 2.75. The first kappa shape index (κ1) is 12.1. The van der Waals surface area contributed by atoms with E-state index in [1.54, 1.807) is 13.0 Å². The van der Waals surface area contributed by atoms with Crippen LogP contribution >= 0.6 is 0 Å². The highest BCUT2D eigenvalue weighted by atomic mass is 19.1. The fraction of sp³-hybridized carbons (Fsp3) is 0.167. The van der Waals surface area contributed by atoms with Crippen LogP contribution in [0.15, 0.2) is 28.8 Å². The van der Waals surface area contributed by atoms with Gasteiger partial charge in [-0.2, -0.15) is 0 Å². The minimum absolute atomic E-state index is 0.116. The summed E-state index contributed by atoms with van der Waals surface area (Å²) in [5, 5.41) is 15.6. The Bertz CT molecular complexity index is 580. The van der Waals surface area contributed by atoms with Crippen LogP contribution in [0.4, 0.5) is 4.39 Å². The third-order valence-corrected chi connectivity index (χ3v) is 2.31. The number of carbonyl (C=O) groups excluding carboxylic acids is 1. The van der Waals surface area contributed by atoms with Crippen LogP contribution in [-0.2, 0) is 6.54 Å². The summed E-state index contributed by atoms with van der Waals surface area (Å²) in [6.07, 6.45) is 0. The third-order valence-electron chi connectivity index (χ3n) is 2.31. The molecule has 0 saturated heterocycles. The first-order chi connectivity index (χ1) is 8.56. The van der Waals surface area contributed by atoms with Gasteiger partial charge >= 0.3 is 0 Å². The number of nitrogens with one attached hydrogen (secondary N) is 1. The van der Waals surface area contributed by atoms with E-state index in [4.69, 9.17) is 4.52 Å². The van der Waals surface area contributed by atoms with Gasteiger partial charge in [0.15, 0.2) is 0 Å². The lowest BCUT2D eigenvalue weighted by Gasteiger charge is -2.05. The zero-order valence-corrected chi connectivity index (χ0v) is 9.61. The maximum Gasteiger partial charge on any atom is 0.255 e. The number of nitrogens with zero attached hydrogens (tertiary/aromatic N) is 1. The quantitative estimate of drug-likeness (QED) is 0.870. The Morgan fingerprint density at radius 1 is 1.50 bits per heavy atom. The molecule has 0 radical (unpaired) electrons. The van der Waals surface area contributed by atoms with Crippen LogP contribution in [0.25, 0.3) is 0 Å². The highest BCUT2D eigenvalue weighted by Crippen LogP contribution is 2.17. The standard InChI is InChI=1S/C12H11FN2O3/c1-7-4-9(15-18-7)6-14-12(17)10-5-8(13)2-3-11(10)16/h2-5,16H,6H2,1H3,(H,14,17). The van der Waals surface area contributed by atoms with Gasteiger partial charge in [0.2, 0.25) is 0 Å². The van der Waals surface area contributed by atoms with Gasteiger partial charge in [-0.25, -0.2) is 4.39 Å². The molecule has 94 valence electrons. The number of phenolic OH excluding ortho intramolecular Hbond substituents is 1. The molecule has 0 fully saturated rings. The number of rotatable bonds is 3. The Hall–Kier alpha value is -2.37. The maximum atomic E-state index is 13.0.